The van der Waals surface area contributed by atoms with Crippen LogP contribution in [0.5, 0.6) is 0 Å². The zero-order chi connectivity index (χ0) is 7.49. The summed E-state index contributed by atoms with van der Waals surface area (Å²) in [5.41, 5.74) is 0. The van der Waals surface area contributed by atoms with Gasteiger partial charge in [-0.25, -0.2) is 0 Å². The van der Waals surface area contributed by atoms with Crippen LogP contribution in [0.1, 0.15) is 33.6 Å². The van der Waals surface area contributed by atoms with Gasteiger partial charge in [-0.2, -0.15) is 0 Å². The molecule has 0 aromatic heterocycles. The number of hydrogen-bond donors (Lipinski definition) is 0. The summed E-state index contributed by atoms with van der Waals surface area (Å²) in [7, 11) is 0. The molecule has 0 saturated heterocycles. The van der Waals surface area contributed by atoms with Crippen LogP contribution in [-0.2, 0) is 11.1 Å². The van der Waals surface area contributed by atoms with Crippen LogP contribution < -0.4 is 0 Å². The minimum Gasteiger partial charge on any atom is -0.772 e. The average Bonchev–Trinajstić information content (AvgIpc) is 1.65. The molecule has 1 atom stereocenters. The lowest BCUT2D eigenvalue weighted by Crippen LogP contribution is -2.25. The van der Waals surface area contributed by atoms with Gasteiger partial charge in [0.05, 0.1) is 0 Å². The predicted octanol–water partition coefficient (Wildman–Crippen LogP) is 1.44. The van der Waals surface area contributed by atoms with Crippen molar-refractivity contribution in [3.05, 3.63) is 0 Å². The van der Waals surface area contributed by atoms with Crippen LogP contribution >= 0.6 is 0 Å². The fourth-order valence-corrected chi connectivity index (χ4v) is 1.06. The second-order valence-electron chi connectivity index (χ2n) is 2.74. The van der Waals surface area contributed by atoms with E-state index in [-0.39, 0.29) is 0 Å². The first-order valence-corrected chi connectivity index (χ1v) is 4.17. The molecular weight excluding hydrogens is 136 g/mol. The molecule has 0 saturated carbocycles. The molecule has 0 aromatic carbocycles. The van der Waals surface area contributed by atoms with Gasteiger partial charge in [-0.05, 0) is 31.3 Å². The van der Waals surface area contributed by atoms with Gasteiger partial charge in [0.2, 0.25) is 0 Å². The van der Waals surface area contributed by atoms with E-state index < -0.39 is 15.8 Å². The van der Waals surface area contributed by atoms with E-state index in [1.807, 2.05) is 6.92 Å². The average molecular weight is 149 g/mol. The Labute approximate surface area is 58.9 Å². The molecule has 0 radical (unpaired) electrons. The molecule has 0 aromatic rings. The fraction of sp³-hybridized carbons (Fsp3) is 1.00. The smallest absolute Gasteiger partial charge is 0.0271 e. The van der Waals surface area contributed by atoms with E-state index in [0.717, 1.165) is 12.8 Å². The van der Waals surface area contributed by atoms with Crippen LogP contribution in [0, 0.1) is 0 Å². The van der Waals surface area contributed by atoms with Crippen LogP contribution in [-0.4, -0.2) is 13.5 Å². The lowest BCUT2D eigenvalue weighted by atomic mass is 10.1. The minimum atomic E-state index is -1.93. The SMILES string of the molecule is CCCC(C)(C)S(=O)[O-]. The zero-order valence-electron chi connectivity index (χ0n) is 6.14. The van der Waals surface area contributed by atoms with Crippen molar-refractivity contribution in [1.82, 2.24) is 0 Å². The summed E-state index contributed by atoms with van der Waals surface area (Å²) < 4.78 is 20.3. The summed E-state index contributed by atoms with van der Waals surface area (Å²) in [6, 6.07) is 0. The molecule has 0 heterocycles. The first-order chi connectivity index (χ1) is 4.00. The molecule has 0 rings (SSSR count). The Hall–Kier alpha value is 0.110. The molecule has 0 spiro atoms. The number of rotatable bonds is 3. The van der Waals surface area contributed by atoms with Crippen molar-refractivity contribution in [3.8, 4) is 0 Å². The van der Waals surface area contributed by atoms with Crippen molar-refractivity contribution in [2.75, 3.05) is 0 Å². The van der Waals surface area contributed by atoms with E-state index in [2.05, 4.69) is 0 Å². The third-order valence-electron chi connectivity index (χ3n) is 1.30. The largest absolute Gasteiger partial charge is 0.772 e. The Bertz CT molecular complexity index is 110. The maximum absolute atomic E-state index is 10.4. The Morgan fingerprint density at radius 1 is 1.56 bits per heavy atom. The summed E-state index contributed by atoms with van der Waals surface area (Å²) in [5, 5.41) is 0. The quantitative estimate of drug-likeness (QED) is 0.570. The van der Waals surface area contributed by atoms with Crippen LogP contribution in [0.15, 0.2) is 0 Å². The Morgan fingerprint density at radius 3 is 2.11 bits per heavy atom. The molecule has 2 nitrogen and oxygen atoms in total. The fourth-order valence-electron chi connectivity index (χ4n) is 0.685. The number of hydrogen-bond acceptors (Lipinski definition) is 2. The third-order valence-corrected chi connectivity index (χ3v) is 2.41. The van der Waals surface area contributed by atoms with Gasteiger partial charge in [0.25, 0.3) is 0 Å². The van der Waals surface area contributed by atoms with Crippen LogP contribution in [0.2, 0.25) is 0 Å². The molecule has 0 bridgehead atoms. The molecule has 0 N–H and O–H groups in total. The first kappa shape index (κ1) is 9.11. The molecule has 0 aliphatic heterocycles. The van der Waals surface area contributed by atoms with Gasteiger partial charge in [-0.1, -0.05) is 13.3 Å². The van der Waals surface area contributed by atoms with Crippen molar-refractivity contribution >= 4 is 11.1 Å². The van der Waals surface area contributed by atoms with Gasteiger partial charge in [-0.3, -0.25) is 4.21 Å². The Kier molecular flexibility index (Phi) is 3.36. The van der Waals surface area contributed by atoms with Gasteiger partial charge < -0.3 is 4.55 Å². The monoisotopic (exact) mass is 149 g/mol. The standard InChI is InChI=1S/C6H14O2S/c1-4-5-6(2,3)9(7)8/h4-5H2,1-3H3,(H,7,8)/p-1. The predicted molar refractivity (Wildman–Crippen MR) is 37.9 cm³/mol. The summed E-state index contributed by atoms with van der Waals surface area (Å²) in [5.74, 6) is 0. The molecular formula is C6H13O2S-. The van der Waals surface area contributed by atoms with Crippen LogP contribution in [0.4, 0.5) is 0 Å². The molecule has 0 fully saturated rings. The normalized spacial score (nSPS) is 15.6. The molecule has 9 heavy (non-hydrogen) atoms. The highest BCUT2D eigenvalue weighted by atomic mass is 32.2. The van der Waals surface area contributed by atoms with E-state index in [1.54, 1.807) is 13.8 Å². The Morgan fingerprint density at radius 2 is 2.00 bits per heavy atom. The molecule has 3 heteroatoms. The first-order valence-electron chi connectivity index (χ1n) is 3.10. The van der Waals surface area contributed by atoms with Crippen LogP contribution in [0.3, 0.4) is 0 Å². The highest BCUT2D eigenvalue weighted by Gasteiger charge is 2.16. The maximum Gasteiger partial charge on any atom is 0.0271 e. The van der Waals surface area contributed by atoms with Gasteiger partial charge in [-0.15, -0.1) is 0 Å². The Balaban J connectivity index is 3.85. The lowest BCUT2D eigenvalue weighted by Gasteiger charge is -2.26. The van der Waals surface area contributed by atoms with Crippen molar-refractivity contribution in [2.45, 2.75) is 38.4 Å². The second-order valence-corrected chi connectivity index (χ2v) is 4.32. The van der Waals surface area contributed by atoms with Gasteiger partial charge >= 0.3 is 0 Å². The van der Waals surface area contributed by atoms with Gasteiger partial charge in [0.1, 0.15) is 0 Å². The molecule has 0 aliphatic carbocycles. The topological polar surface area (TPSA) is 40.1 Å². The lowest BCUT2D eigenvalue weighted by molar-refractivity contribution is 0.479. The second kappa shape index (κ2) is 3.32. The summed E-state index contributed by atoms with van der Waals surface area (Å²) in [6.07, 6.45) is 1.66. The summed E-state index contributed by atoms with van der Waals surface area (Å²) >= 11 is -1.93. The van der Waals surface area contributed by atoms with Crippen LogP contribution in [0.25, 0.3) is 0 Å². The molecule has 1 unspecified atom stereocenters. The van der Waals surface area contributed by atoms with E-state index >= 15 is 0 Å². The molecule has 56 valence electrons. The minimum absolute atomic E-state index is 0.533. The summed E-state index contributed by atoms with van der Waals surface area (Å²) in [6.45, 7) is 5.45. The third kappa shape index (κ3) is 2.96. The van der Waals surface area contributed by atoms with Crippen molar-refractivity contribution < 1.29 is 8.76 Å². The van der Waals surface area contributed by atoms with Crippen molar-refractivity contribution in [2.24, 2.45) is 0 Å². The molecule has 0 amide bonds. The highest BCUT2D eigenvalue weighted by molar-refractivity contribution is 7.80. The van der Waals surface area contributed by atoms with Gasteiger partial charge in [0.15, 0.2) is 0 Å². The van der Waals surface area contributed by atoms with E-state index in [0.29, 0.717) is 0 Å². The van der Waals surface area contributed by atoms with E-state index in [9.17, 15) is 8.76 Å². The van der Waals surface area contributed by atoms with E-state index in [1.165, 1.54) is 0 Å². The van der Waals surface area contributed by atoms with Crippen molar-refractivity contribution in [1.29, 1.82) is 0 Å². The van der Waals surface area contributed by atoms with E-state index in [4.69, 9.17) is 0 Å². The zero-order valence-corrected chi connectivity index (χ0v) is 6.96. The molecule has 0 aliphatic rings. The van der Waals surface area contributed by atoms with Gasteiger partial charge in [0, 0.05) is 4.75 Å². The maximum atomic E-state index is 10.4. The van der Waals surface area contributed by atoms with Crippen molar-refractivity contribution in [3.63, 3.8) is 0 Å². The highest BCUT2D eigenvalue weighted by Crippen LogP contribution is 2.17. The summed E-state index contributed by atoms with van der Waals surface area (Å²) in [4.78, 5) is 0.